The van der Waals surface area contributed by atoms with Crippen molar-refractivity contribution in [2.24, 2.45) is 0 Å². The van der Waals surface area contributed by atoms with E-state index >= 15 is 0 Å². The van der Waals surface area contributed by atoms with E-state index in [4.69, 9.17) is 0 Å². The molecule has 3 N–H and O–H groups in total. The van der Waals surface area contributed by atoms with Crippen LogP contribution in [-0.2, 0) is 0 Å². The van der Waals surface area contributed by atoms with Gasteiger partial charge in [-0.15, -0.1) is 0 Å². The maximum atomic E-state index is 4.47. The Morgan fingerprint density at radius 1 is 1.30 bits per heavy atom. The molecular formula is C13H15N7. The molecule has 20 heavy (non-hydrogen) atoms. The molecule has 0 fully saturated rings. The molecule has 102 valence electrons. The highest BCUT2D eigenvalue weighted by molar-refractivity contribution is 5.84. The van der Waals surface area contributed by atoms with Crippen LogP contribution in [0.25, 0.3) is 11.2 Å². The fraction of sp³-hybridized carbons (Fsp3) is 0.231. The summed E-state index contributed by atoms with van der Waals surface area (Å²) in [5.74, 6) is 1.25. The molecule has 0 aliphatic carbocycles. The Hall–Kier alpha value is -2.70. The molecule has 0 radical (unpaired) electrons. The van der Waals surface area contributed by atoms with Crippen LogP contribution in [0.15, 0.2) is 30.9 Å². The number of rotatable bonds is 5. The number of fused-ring (bicyclic) bond motifs is 1. The van der Waals surface area contributed by atoms with Crippen LogP contribution >= 0.6 is 0 Å². The molecular weight excluding hydrogens is 254 g/mol. The molecule has 3 aromatic heterocycles. The van der Waals surface area contributed by atoms with Crippen molar-refractivity contribution in [1.82, 2.24) is 24.9 Å². The standard InChI is InChI=1S/C13H15N7/c1-2-5-15-11-10-12(17-8-16-10)20-13(19-11)18-9-4-3-6-14-7-9/h3-4,6-8H,2,5H2,1H3,(H3,15,16,17,18,19,20). The number of hydrogen-bond donors (Lipinski definition) is 3. The van der Waals surface area contributed by atoms with Crippen molar-refractivity contribution in [3.05, 3.63) is 30.9 Å². The van der Waals surface area contributed by atoms with Crippen LogP contribution in [0.3, 0.4) is 0 Å². The molecule has 0 unspecified atom stereocenters. The molecule has 7 heteroatoms. The van der Waals surface area contributed by atoms with E-state index in [1.807, 2.05) is 12.1 Å². The van der Waals surface area contributed by atoms with E-state index in [1.54, 1.807) is 18.7 Å². The van der Waals surface area contributed by atoms with Gasteiger partial charge in [-0.25, -0.2) is 4.98 Å². The normalized spacial score (nSPS) is 10.7. The molecule has 0 saturated carbocycles. The van der Waals surface area contributed by atoms with Crippen molar-refractivity contribution in [1.29, 1.82) is 0 Å². The van der Waals surface area contributed by atoms with Gasteiger partial charge >= 0.3 is 0 Å². The zero-order chi connectivity index (χ0) is 13.8. The molecule has 0 aromatic carbocycles. The van der Waals surface area contributed by atoms with Gasteiger partial charge in [0.1, 0.15) is 5.52 Å². The van der Waals surface area contributed by atoms with E-state index in [0.29, 0.717) is 11.6 Å². The van der Waals surface area contributed by atoms with Crippen molar-refractivity contribution in [2.45, 2.75) is 13.3 Å². The smallest absolute Gasteiger partial charge is 0.231 e. The number of H-pyrrole nitrogens is 1. The maximum Gasteiger partial charge on any atom is 0.231 e. The Kier molecular flexibility index (Phi) is 3.40. The van der Waals surface area contributed by atoms with Crippen molar-refractivity contribution < 1.29 is 0 Å². The second-order valence-corrected chi connectivity index (χ2v) is 4.29. The second kappa shape index (κ2) is 5.52. The molecule has 0 atom stereocenters. The topological polar surface area (TPSA) is 91.4 Å². The zero-order valence-electron chi connectivity index (χ0n) is 11.1. The highest BCUT2D eigenvalue weighted by Crippen LogP contribution is 2.20. The van der Waals surface area contributed by atoms with E-state index in [9.17, 15) is 0 Å². The molecule has 0 aliphatic rings. The van der Waals surface area contributed by atoms with Gasteiger partial charge in [-0.05, 0) is 18.6 Å². The SMILES string of the molecule is CCCNc1nc(Nc2cccnc2)nc2nc[nH]c12. The third kappa shape index (κ3) is 2.51. The molecule has 0 amide bonds. The first-order valence-corrected chi connectivity index (χ1v) is 6.49. The Morgan fingerprint density at radius 2 is 2.25 bits per heavy atom. The Labute approximate surface area is 115 Å². The van der Waals surface area contributed by atoms with Gasteiger partial charge in [0.2, 0.25) is 5.95 Å². The first kappa shape index (κ1) is 12.3. The lowest BCUT2D eigenvalue weighted by Gasteiger charge is -2.08. The molecule has 3 rings (SSSR count). The van der Waals surface area contributed by atoms with E-state index in [-0.39, 0.29) is 0 Å². The van der Waals surface area contributed by atoms with E-state index < -0.39 is 0 Å². The number of anilines is 3. The van der Waals surface area contributed by atoms with E-state index in [0.717, 1.165) is 30.0 Å². The van der Waals surface area contributed by atoms with Crippen LogP contribution in [0, 0.1) is 0 Å². The van der Waals surface area contributed by atoms with Gasteiger partial charge in [0.15, 0.2) is 11.5 Å². The summed E-state index contributed by atoms with van der Waals surface area (Å²) >= 11 is 0. The van der Waals surface area contributed by atoms with Crippen molar-refractivity contribution in [3.8, 4) is 0 Å². The highest BCUT2D eigenvalue weighted by atomic mass is 15.2. The van der Waals surface area contributed by atoms with Crippen molar-refractivity contribution >= 4 is 28.6 Å². The monoisotopic (exact) mass is 269 g/mol. The maximum absolute atomic E-state index is 4.47. The number of nitrogens with one attached hydrogen (secondary N) is 3. The minimum absolute atomic E-state index is 0.496. The summed E-state index contributed by atoms with van der Waals surface area (Å²) in [5, 5.41) is 6.40. The van der Waals surface area contributed by atoms with E-state index in [2.05, 4.69) is 42.5 Å². The lowest BCUT2D eigenvalue weighted by molar-refractivity contribution is 0.969. The summed E-state index contributed by atoms with van der Waals surface area (Å²) in [5.41, 5.74) is 2.28. The minimum Gasteiger partial charge on any atom is -0.368 e. The van der Waals surface area contributed by atoms with Crippen LogP contribution in [0.1, 0.15) is 13.3 Å². The Morgan fingerprint density at radius 3 is 3.05 bits per heavy atom. The van der Waals surface area contributed by atoms with Crippen LogP contribution in [-0.4, -0.2) is 31.5 Å². The molecule has 0 spiro atoms. The van der Waals surface area contributed by atoms with Gasteiger partial charge in [-0.1, -0.05) is 6.92 Å². The molecule has 0 aliphatic heterocycles. The largest absolute Gasteiger partial charge is 0.368 e. The van der Waals surface area contributed by atoms with Gasteiger partial charge in [0.05, 0.1) is 18.2 Å². The van der Waals surface area contributed by atoms with Gasteiger partial charge < -0.3 is 15.6 Å². The molecule has 0 bridgehead atoms. The number of pyridine rings is 1. The fourth-order valence-corrected chi connectivity index (χ4v) is 1.83. The summed E-state index contributed by atoms with van der Waals surface area (Å²) in [6.07, 6.45) is 6.07. The summed E-state index contributed by atoms with van der Waals surface area (Å²) < 4.78 is 0. The lowest BCUT2D eigenvalue weighted by atomic mass is 10.4. The summed E-state index contributed by atoms with van der Waals surface area (Å²) in [7, 11) is 0. The molecule has 0 saturated heterocycles. The first-order chi connectivity index (χ1) is 9.86. The average Bonchev–Trinajstić information content (AvgIpc) is 2.94. The van der Waals surface area contributed by atoms with Gasteiger partial charge in [0.25, 0.3) is 0 Å². The number of aromatic amines is 1. The second-order valence-electron chi connectivity index (χ2n) is 4.29. The van der Waals surface area contributed by atoms with E-state index in [1.165, 1.54) is 0 Å². The quantitative estimate of drug-likeness (QED) is 0.658. The van der Waals surface area contributed by atoms with Crippen molar-refractivity contribution in [3.63, 3.8) is 0 Å². The van der Waals surface area contributed by atoms with Gasteiger partial charge in [-0.3, -0.25) is 4.98 Å². The number of imidazole rings is 1. The number of hydrogen-bond acceptors (Lipinski definition) is 6. The van der Waals surface area contributed by atoms with Crippen LogP contribution < -0.4 is 10.6 Å². The summed E-state index contributed by atoms with van der Waals surface area (Å²) in [6.45, 7) is 2.95. The molecule has 3 aromatic rings. The van der Waals surface area contributed by atoms with Crippen molar-refractivity contribution in [2.75, 3.05) is 17.2 Å². The first-order valence-electron chi connectivity index (χ1n) is 6.49. The van der Waals surface area contributed by atoms with Crippen LogP contribution in [0.5, 0.6) is 0 Å². The molecule has 7 nitrogen and oxygen atoms in total. The minimum atomic E-state index is 0.496. The van der Waals surface area contributed by atoms with Crippen LogP contribution in [0.4, 0.5) is 17.5 Å². The van der Waals surface area contributed by atoms with Crippen LogP contribution in [0.2, 0.25) is 0 Å². The summed E-state index contributed by atoms with van der Waals surface area (Å²) in [6, 6.07) is 3.76. The number of aromatic nitrogens is 5. The third-order valence-corrected chi connectivity index (χ3v) is 2.75. The fourth-order valence-electron chi connectivity index (χ4n) is 1.83. The summed E-state index contributed by atoms with van der Waals surface area (Å²) in [4.78, 5) is 20.1. The zero-order valence-corrected chi connectivity index (χ0v) is 11.1. The van der Waals surface area contributed by atoms with Gasteiger partial charge in [0, 0.05) is 12.7 Å². The Balaban J connectivity index is 1.94. The third-order valence-electron chi connectivity index (χ3n) is 2.75. The predicted molar refractivity (Wildman–Crippen MR) is 78.0 cm³/mol. The Bertz CT molecular complexity index is 692. The predicted octanol–water partition coefficient (Wildman–Crippen LogP) is 2.31. The lowest BCUT2D eigenvalue weighted by Crippen LogP contribution is -2.06. The average molecular weight is 269 g/mol. The number of nitrogens with zero attached hydrogens (tertiary/aromatic N) is 4. The molecule has 3 heterocycles. The highest BCUT2D eigenvalue weighted by Gasteiger charge is 2.09. The van der Waals surface area contributed by atoms with Gasteiger partial charge in [-0.2, -0.15) is 9.97 Å².